The molecule has 0 unspecified atom stereocenters. The number of carbonyl (C=O) groups is 2. The molecule has 0 aliphatic carbocycles. The van der Waals surface area contributed by atoms with E-state index in [4.69, 9.17) is 4.74 Å². The molecule has 1 N–H and O–H groups in total. The second-order valence-electron chi connectivity index (χ2n) is 9.80. The molecule has 8 nitrogen and oxygen atoms in total. The first-order valence-electron chi connectivity index (χ1n) is 12.8. The Morgan fingerprint density at radius 2 is 1.95 bits per heavy atom. The Balaban J connectivity index is 1.59. The second-order valence-corrected chi connectivity index (χ2v) is 9.80. The first-order valence-corrected chi connectivity index (χ1v) is 12.8. The van der Waals surface area contributed by atoms with Crippen LogP contribution in [0.3, 0.4) is 0 Å². The monoisotopic (exact) mass is 514 g/mol. The van der Waals surface area contributed by atoms with E-state index in [1.807, 2.05) is 68.5 Å². The summed E-state index contributed by atoms with van der Waals surface area (Å²) in [5.74, 6) is -0.182. The summed E-state index contributed by atoms with van der Waals surface area (Å²) in [6.45, 7) is 4.34. The third kappa shape index (κ3) is 6.63. The highest BCUT2D eigenvalue weighted by Crippen LogP contribution is 2.28. The summed E-state index contributed by atoms with van der Waals surface area (Å²) in [5, 5.41) is 9.88. The highest BCUT2D eigenvalue weighted by atomic mass is 16.5. The fourth-order valence-electron chi connectivity index (χ4n) is 4.37. The lowest BCUT2D eigenvalue weighted by atomic mass is 9.99. The average molecular weight is 515 g/mol. The summed E-state index contributed by atoms with van der Waals surface area (Å²) < 4.78 is 6.32. The summed E-state index contributed by atoms with van der Waals surface area (Å²) in [5.41, 5.74) is 2.97. The van der Waals surface area contributed by atoms with Gasteiger partial charge in [0.15, 0.2) is 0 Å². The Kier molecular flexibility index (Phi) is 8.86. The molecule has 2 amide bonds. The number of hydrogen-bond donors (Lipinski definition) is 1. The number of benzene rings is 1. The van der Waals surface area contributed by atoms with Crippen LogP contribution < -0.4 is 4.74 Å². The number of pyridine rings is 2. The minimum Gasteiger partial charge on any atom is -0.472 e. The minimum absolute atomic E-state index is 0.0536. The van der Waals surface area contributed by atoms with E-state index in [9.17, 15) is 14.7 Å². The van der Waals surface area contributed by atoms with Gasteiger partial charge in [-0.1, -0.05) is 55.5 Å². The zero-order valence-corrected chi connectivity index (χ0v) is 22.0. The van der Waals surface area contributed by atoms with E-state index < -0.39 is 6.10 Å². The number of nitrogens with zero attached hydrogens (tertiary/aromatic N) is 4. The van der Waals surface area contributed by atoms with Crippen molar-refractivity contribution >= 4 is 24.0 Å². The molecule has 1 aliphatic rings. The molecular formula is C30H34N4O4. The van der Waals surface area contributed by atoms with Crippen molar-refractivity contribution in [1.29, 1.82) is 0 Å². The lowest BCUT2D eigenvalue weighted by Gasteiger charge is -2.37. The Morgan fingerprint density at radius 1 is 1.18 bits per heavy atom. The number of fused-ring (bicyclic) bond motifs is 1. The zero-order chi connectivity index (χ0) is 27.1. The van der Waals surface area contributed by atoms with Crippen LogP contribution in [0.2, 0.25) is 0 Å². The molecule has 0 saturated carbocycles. The number of rotatable bonds is 8. The molecule has 3 heterocycles. The van der Waals surface area contributed by atoms with Crippen molar-refractivity contribution in [2.75, 3.05) is 26.7 Å². The second kappa shape index (κ2) is 12.5. The number of hydrogen-bond acceptors (Lipinski definition) is 6. The molecule has 3 aromatic rings. The quantitative estimate of drug-likeness (QED) is 0.494. The maximum atomic E-state index is 13.6. The van der Waals surface area contributed by atoms with Crippen molar-refractivity contribution in [1.82, 2.24) is 19.8 Å². The van der Waals surface area contributed by atoms with Crippen molar-refractivity contribution in [2.45, 2.75) is 32.4 Å². The van der Waals surface area contributed by atoms with Crippen LogP contribution in [0.25, 0.3) is 12.2 Å². The molecule has 4 rings (SSSR count). The van der Waals surface area contributed by atoms with Gasteiger partial charge in [-0.05, 0) is 35.7 Å². The third-order valence-electron chi connectivity index (χ3n) is 6.77. The maximum Gasteiger partial charge on any atom is 0.259 e. The number of aliphatic hydroxyl groups is 1. The summed E-state index contributed by atoms with van der Waals surface area (Å²) >= 11 is 0. The topological polar surface area (TPSA) is 95.9 Å². The molecule has 2 aromatic heterocycles. The van der Waals surface area contributed by atoms with Crippen molar-refractivity contribution in [3.05, 3.63) is 89.4 Å². The summed E-state index contributed by atoms with van der Waals surface area (Å²) in [4.78, 5) is 38.4. The van der Waals surface area contributed by atoms with Gasteiger partial charge in [-0.15, -0.1) is 0 Å². The molecule has 38 heavy (non-hydrogen) atoms. The van der Waals surface area contributed by atoms with E-state index in [1.54, 1.807) is 41.5 Å². The van der Waals surface area contributed by atoms with Gasteiger partial charge in [0.25, 0.3) is 5.91 Å². The molecule has 0 saturated heterocycles. The van der Waals surface area contributed by atoms with Crippen LogP contribution in [0.15, 0.2) is 67.1 Å². The highest BCUT2D eigenvalue weighted by molar-refractivity contribution is 5.97. The largest absolute Gasteiger partial charge is 0.472 e. The van der Waals surface area contributed by atoms with Crippen LogP contribution >= 0.6 is 0 Å². The number of carbonyl (C=O) groups excluding carboxylic acids is 2. The molecule has 0 radical (unpaired) electrons. The zero-order valence-electron chi connectivity index (χ0n) is 22.0. The van der Waals surface area contributed by atoms with Gasteiger partial charge in [0.05, 0.1) is 25.6 Å². The molecule has 1 aliphatic heterocycles. The molecular weight excluding hydrogens is 480 g/mol. The molecule has 1 aromatic carbocycles. The van der Waals surface area contributed by atoms with E-state index in [0.29, 0.717) is 18.7 Å². The Morgan fingerprint density at radius 3 is 2.66 bits per heavy atom. The molecule has 8 heteroatoms. The van der Waals surface area contributed by atoms with E-state index in [0.717, 1.165) is 16.7 Å². The van der Waals surface area contributed by atoms with Crippen LogP contribution in [-0.4, -0.2) is 75.6 Å². The lowest BCUT2D eigenvalue weighted by molar-refractivity contribution is -0.130. The average Bonchev–Trinajstić information content (AvgIpc) is 2.94. The van der Waals surface area contributed by atoms with Gasteiger partial charge in [-0.3, -0.25) is 14.6 Å². The van der Waals surface area contributed by atoms with Gasteiger partial charge in [-0.25, -0.2) is 4.98 Å². The van der Waals surface area contributed by atoms with Crippen LogP contribution in [0.5, 0.6) is 5.88 Å². The van der Waals surface area contributed by atoms with Crippen molar-refractivity contribution < 1.29 is 19.4 Å². The molecule has 3 atom stereocenters. The number of aromatic nitrogens is 2. The first-order chi connectivity index (χ1) is 18.4. The van der Waals surface area contributed by atoms with E-state index in [-0.39, 0.29) is 42.7 Å². The summed E-state index contributed by atoms with van der Waals surface area (Å²) in [6.07, 6.45) is 8.73. The smallest absolute Gasteiger partial charge is 0.259 e. The predicted molar refractivity (Wildman–Crippen MR) is 146 cm³/mol. The summed E-state index contributed by atoms with van der Waals surface area (Å²) in [6, 6.07) is 14.9. The number of ether oxygens (including phenoxy) is 1. The molecule has 0 bridgehead atoms. The fraction of sp³-hybridized carbons (Fsp3) is 0.333. The van der Waals surface area contributed by atoms with Crippen LogP contribution in [0.1, 0.15) is 40.9 Å². The highest BCUT2D eigenvalue weighted by Gasteiger charge is 2.34. The van der Waals surface area contributed by atoms with Gasteiger partial charge in [0.2, 0.25) is 11.8 Å². The van der Waals surface area contributed by atoms with Gasteiger partial charge in [0.1, 0.15) is 11.7 Å². The molecule has 0 fully saturated rings. The Hall–Kier alpha value is -4.04. The third-order valence-corrected chi connectivity index (χ3v) is 6.77. The van der Waals surface area contributed by atoms with Gasteiger partial charge in [0, 0.05) is 38.1 Å². The standard InChI is InChI=1S/C30H34N4O4/c1-21-18-34(22(2)20-35)30(37)26-14-25(12-11-23-8-5-4-6-9-23)17-32-29(26)38-27(21)19-33(3)28(36)15-24-10-7-13-31-16-24/h4-14,16-17,21-22,27,35H,15,18-20H2,1-3H3/b12-11+/t21-,22+,27-/m1/s1. The van der Waals surface area contributed by atoms with Gasteiger partial charge < -0.3 is 19.6 Å². The van der Waals surface area contributed by atoms with Crippen LogP contribution in [0.4, 0.5) is 0 Å². The Bertz CT molecular complexity index is 1270. The van der Waals surface area contributed by atoms with Crippen LogP contribution in [-0.2, 0) is 11.2 Å². The van der Waals surface area contributed by atoms with E-state index in [2.05, 4.69) is 9.97 Å². The van der Waals surface area contributed by atoms with Gasteiger partial charge >= 0.3 is 0 Å². The summed E-state index contributed by atoms with van der Waals surface area (Å²) in [7, 11) is 1.75. The number of likely N-dealkylation sites (N-methyl/N-ethyl adjacent to an activating group) is 1. The minimum atomic E-state index is -0.406. The first kappa shape index (κ1) is 27.0. The predicted octanol–water partition coefficient (Wildman–Crippen LogP) is 3.57. The lowest BCUT2D eigenvalue weighted by Crippen LogP contribution is -2.50. The fourth-order valence-corrected chi connectivity index (χ4v) is 4.37. The van der Waals surface area contributed by atoms with Crippen molar-refractivity contribution in [3.63, 3.8) is 0 Å². The molecule has 0 spiro atoms. The normalized spacial score (nSPS) is 18.3. The van der Waals surface area contributed by atoms with Crippen molar-refractivity contribution in [3.8, 4) is 5.88 Å². The van der Waals surface area contributed by atoms with Crippen LogP contribution in [0, 0.1) is 5.92 Å². The van der Waals surface area contributed by atoms with Crippen molar-refractivity contribution in [2.24, 2.45) is 5.92 Å². The number of aliphatic hydroxyl groups excluding tert-OH is 1. The molecule has 198 valence electrons. The van der Waals surface area contributed by atoms with E-state index in [1.165, 1.54) is 0 Å². The van der Waals surface area contributed by atoms with E-state index >= 15 is 0 Å². The maximum absolute atomic E-state index is 13.6. The SMILES string of the molecule is C[C@@H]1CN([C@@H](C)CO)C(=O)c2cc(/C=C/c3ccccc3)cnc2O[C@@H]1CN(C)C(=O)Cc1cccnc1. The Labute approximate surface area is 223 Å². The number of amides is 2. The van der Waals surface area contributed by atoms with Gasteiger partial charge in [-0.2, -0.15) is 0 Å².